The molecule has 3 rings (SSSR count). The standard InChI is InChI=1S/C12H12FN3O/c1-17-10-6-8(4-5-9(10)13)12-14-11(15-16-12)7-2-3-7/h4-7H,2-3H2,1H3,(H,14,15,16). The Kier molecular flexibility index (Phi) is 2.31. The molecule has 1 heterocycles. The molecule has 4 nitrogen and oxygen atoms in total. The minimum Gasteiger partial charge on any atom is -0.494 e. The number of aromatic nitrogens is 3. The molecule has 1 N–H and O–H groups in total. The van der Waals surface area contributed by atoms with E-state index in [1.807, 2.05) is 0 Å². The summed E-state index contributed by atoms with van der Waals surface area (Å²) in [5.41, 5.74) is 0.756. The molecule has 5 heteroatoms. The highest BCUT2D eigenvalue weighted by atomic mass is 19.1. The summed E-state index contributed by atoms with van der Waals surface area (Å²) in [6, 6.07) is 4.62. The van der Waals surface area contributed by atoms with Crippen LogP contribution in [0.15, 0.2) is 18.2 Å². The second kappa shape index (κ2) is 3.84. The summed E-state index contributed by atoms with van der Waals surface area (Å²) in [5, 5.41) is 7.06. The van der Waals surface area contributed by atoms with E-state index < -0.39 is 0 Å². The third-order valence-corrected chi connectivity index (χ3v) is 2.88. The summed E-state index contributed by atoms with van der Waals surface area (Å²) in [6.07, 6.45) is 2.34. The lowest BCUT2D eigenvalue weighted by atomic mass is 10.2. The predicted molar refractivity (Wildman–Crippen MR) is 60.3 cm³/mol. The van der Waals surface area contributed by atoms with Crippen LogP contribution in [0.4, 0.5) is 4.39 Å². The fraction of sp³-hybridized carbons (Fsp3) is 0.333. The number of ether oxygens (including phenoxy) is 1. The van der Waals surface area contributed by atoms with Crippen LogP contribution in [0.1, 0.15) is 24.6 Å². The lowest BCUT2D eigenvalue weighted by Gasteiger charge is -2.02. The molecular weight excluding hydrogens is 221 g/mol. The van der Waals surface area contributed by atoms with Crippen molar-refractivity contribution in [1.82, 2.24) is 15.2 Å². The molecule has 0 saturated heterocycles. The van der Waals surface area contributed by atoms with Gasteiger partial charge in [0.2, 0.25) is 0 Å². The maximum absolute atomic E-state index is 13.3. The fourth-order valence-electron chi connectivity index (χ4n) is 1.74. The smallest absolute Gasteiger partial charge is 0.181 e. The van der Waals surface area contributed by atoms with Gasteiger partial charge in [-0.15, -0.1) is 0 Å². The zero-order valence-corrected chi connectivity index (χ0v) is 9.40. The Bertz CT molecular complexity index is 548. The van der Waals surface area contributed by atoms with Gasteiger partial charge < -0.3 is 4.74 Å². The van der Waals surface area contributed by atoms with E-state index in [-0.39, 0.29) is 11.6 Å². The van der Waals surface area contributed by atoms with Crippen LogP contribution < -0.4 is 4.74 Å². The SMILES string of the molecule is COc1cc(-c2n[nH]c(C3CC3)n2)ccc1F. The van der Waals surface area contributed by atoms with Gasteiger partial charge in [0.25, 0.3) is 0 Å². The topological polar surface area (TPSA) is 50.8 Å². The highest BCUT2D eigenvalue weighted by molar-refractivity contribution is 5.57. The number of halogens is 1. The Hall–Kier alpha value is -1.91. The van der Waals surface area contributed by atoms with E-state index in [9.17, 15) is 4.39 Å². The summed E-state index contributed by atoms with van der Waals surface area (Å²) in [6.45, 7) is 0. The van der Waals surface area contributed by atoms with Gasteiger partial charge in [-0.05, 0) is 31.0 Å². The highest BCUT2D eigenvalue weighted by Gasteiger charge is 2.27. The van der Waals surface area contributed by atoms with Crippen molar-refractivity contribution in [2.75, 3.05) is 7.11 Å². The number of methoxy groups -OCH3 is 1. The van der Waals surface area contributed by atoms with Crippen molar-refractivity contribution in [1.29, 1.82) is 0 Å². The molecule has 1 fully saturated rings. The molecule has 0 radical (unpaired) electrons. The van der Waals surface area contributed by atoms with Crippen molar-refractivity contribution in [3.05, 3.63) is 29.8 Å². The third kappa shape index (κ3) is 1.88. The first-order valence-electron chi connectivity index (χ1n) is 5.54. The highest BCUT2D eigenvalue weighted by Crippen LogP contribution is 2.38. The van der Waals surface area contributed by atoms with Gasteiger partial charge in [0, 0.05) is 11.5 Å². The van der Waals surface area contributed by atoms with Crippen molar-refractivity contribution < 1.29 is 9.13 Å². The first kappa shape index (κ1) is 10.3. The lowest BCUT2D eigenvalue weighted by molar-refractivity contribution is 0.387. The maximum atomic E-state index is 13.3. The van der Waals surface area contributed by atoms with Gasteiger partial charge in [-0.2, -0.15) is 5.10 Å². The van der Waals surface area contributed by atoms with Crippen molar-refractivity contribution in [3.63, 3.8) is 0 Å². The molecule has 17 heavy (non-hydrogen) atoms. The number of benzene rings is 1. The Labute approximate surface area is 97.8 Å². The number of hydrogen-bond donors (Lipinski definition) is 1. The monoisotopic (exact) mass is 233 g/mol. The number of aromatic amines is 1. The summed E-state index contributed by atoms with van der Waals surface area (Å²) < 4.78 is 18.2. The molecule has 0 amide bonds. The van der Waals surface area contributed by atoms with E-state index in [4.69, 9.17) is 4.74 Å². The van der Waals surface area contributed by atoms with E-state index in [1.54, 1.807) is 12.1 Å². The maximum Gasteiger partial charge on any atom is 0.181 e. The average molecular weight is 233 g/mol. The molecule has 0 spiro atoms. The van der Waals surface area contributed by atoms with Crippen LogP contribution in [0.3, 0.4) is 0 Å². The second-order valence-corrected chi connectivity index (χ2v) is 4.17. The average Bonchev–Trinajstić information content (AvgIpc) is 3.08. The predicted octanol–water partition coefficient (Wildman–Crippen LogP) is 2.50. The van der Waals surface area contributed by atoms with Gasteiger partial charge in [-0.25, -0.2) is 9.37 Å². The number of nitrogens with zero attached hydrogens (tertiary/aromatic N) is 2. The first-order valence-corrected chi connectivity index (χ1v) is 5.54. The minimum absolute atomic E-state index is 0.209. The first-order chi connectivity index (χ1) is 8.28. The van der Waals surface area contributed by atoms with Crippen LogP contribution in [0.25, 0.3) is 11.4 Å². The van der Waals surface area contributed by atoms with Gasteiger partial charge in [-0.1, -0.05) is 0 Å². The molecule has 2 aromatic rings. The van der Waals surface area contributed by atoms with Gasteiger partial charge in [0.05, 0.1) is 7.11 Å². The summed E-state index contributed by atoms with van der Waals surface area (Å²) in [5.74, 6) is 1.86. The summed E-state index contributed by atoms with van der Waals surface area (Å²) in [4.78, 5) is 4.40. The zero-order valence-electron chi connectivity index (χ0n) is 9.40. The minimum atomic E-state index is -0.380. The van der Waals surface area contributed by atoms with E-state index in [2.05, 4.69) is 15.2 Å². The van der Waals surface area contributed by atoms with Gasteiger partial charge in [0.15, 0.2) is 17.4 Å². The number of nitrogens with one attached hydrogen (secondary N) is 1. The molecule has 0 aliphatic heterocycles. The molecule has 1 aliphatic rings. The zero-order chi connectivity index (χ0) is 11.8. The van der Waals surface area contributed by atoms with Crippen molar-refractivity contribution >= 4 is 0 Å². The number of H-pyrrole nitrogens is 1. The van der Waals surface area contributed by atoms with Crippen molar-refractivity contribution in [2.45, 2.75) is 18.8 Å². The Morgan fingerprint density at radius 2 is 2.24 bits per heavy atom. The van der Waals surface area contributed by atoms with E-state index >= 15 is 0 Å². The molecule has 1 saturated carbocycles. The Morgan fingerprint density at radius 1 is 1.41 bits per heavy atom. The van der Waals surface area contributed by atoms with Crippen LogP contribution in [-0.2, 0) is 0 Å². The van der Waals surface area contributed by atoms with Crippen LogP contribution in [0.2, 0.25) is 0 Å². The van der Waals surface area contributed by atoms with E-state index in [1.165, 1.54) is 26.0 Å². The number of hydrogen-bond acceptors (Lipinski definition) is 3. The van der Waals surface area contributed by atoms with Gasteiger partial charge >= 0.3 is 0 Å². The molecular formula is C12H12FN3O. The number of rotatable bonds is 3. The van der Waals surface area contributed by atoms with Gasteiger partial charge in [0.1, 0.15) is 5.82 Å². The van der Waals surface area contributed by atoms with Crippen LogP contribution in [0, 0.1) is 5.82 Å². The van der Waals surface area contributed by atoms with Crippen LogP contribution in [0.5, 0.6) is 5.75 Å². The van der Waals surface area contributed by atoms with Crippen molar-refractivity contribution in [2.24, 2.45) is 0 Å². The third-order valence-electron chi connectivity index (χ3n) is 2.88. The van der Waals surface area contributed by atoms with Gasteiger partial charge in [-0.3, -0.25) is 5.10 Å². The van der Waals surface area contributed by atoms with E-state index in [0.717, 1.165) is 11.4 Å². The second-order valence-electron chi connectivity index (χ2n) is 4.17. The summed E-state index contributed by atoms with van der Waals surface area (Å²) >= 11 is 0. The lowest BCUT2D eigenvalue weighted by Crippen LogP contribution is -1.89. The quantitative estimate of drug-likeness (QED) is 0.886. The molecule has 1 aliphatic carbocycles. The van der Waals surface area contributed by atoms with E-state index in [0.29, 0.717) is 11.7 Å². The normalized spacial score (nSPS) is 14.9. The fourth-order valence-corrected chi connectivity index (χ4v) is 1.74. The Morgan fingerprint density at radius 3 is 2.94 bits per heavy atom. The molecule has 0 atom stereocenters. The van der Waals surface area contributed by atoms with Crippen LogP contribution in [-0.4, -0.2) is 22.3 Å². The molecule has 1 aromatic heterocycles. The largest absolute Gasteiger partial charge is 0.494 e. The Balaban J connectivity index is 1.96. The van der Waals surface area contributed by atoms with Crippen molar-refractivity contribution in [3.8, 4) is 17.1 Å². The van der Waals surface area contributed by atoms with Crippen LogP contribution >= 0.6 is 0 Å². The molecule has 88 valence electrons. The molecule has 0 unspecified atom stereocenters. The summed E-state index contributed by atoms with van der Waals surface area (Å²) in [7, 11) is 1.44. The molecule has 1 aromatic carbocycles. The molecule has 0 bridgehead atoms.